The first kappa shape index (κ1) is 21.1. The number of hydrogen-bond donors (Lipinski definition) is 1. The van der Waals surface area contributed by atoms with Crippen molar-refractivity contribution in [3.63, 3.8) is 0 Å². The Bertz CT molecular complexity index is 858. The minimum absolute atomic E-state index is 0.0651. The minimum Gasteiger partial charge on any atom is -0.465 e. The normalized spacial score (nSPS) is 20.0. The fourth-order valence-corrected chi connectivity index (χ4v) is 3.92. The number of nitrogens with zero attached hydrogens (tertiary/aromatic N) is 1. The van der Waals surface area contributed by atoms with Gasteiger partial charge in [-0.05, 0) is 38.5 Å². The van der Waals surface area contributed by atoms with Gasteiger partial charge in [0.25, 0.3) is 0 Å². The molecular formula is C22H25NO5S. The highest BCUT2D eigenvalue weighted by molar-refractivity contribution is 7.79. The van der Waals surface area contributed by atoms with E-state index in [2.05, 4.69) is 0 Å². The molecule has 2 aromatic rings. The first-order valence-electron chi connectivity index (χ1n) is 9.37. The molecular weight excluding hydrogens is 390 g/mol. The van der Waals surface area contributed by atoms with Crippen LogP contribution in [-0.2, 0) is 15.9 Å². The van der Waals surface area contributed by atoms with E-state index in [1.165, 1.54) is 4.90 Å². The molecule has 0 radical (unpaired) electrons. The number of para-hydroxylation sites is 1. The maximum atomic E-state index is 12.0. The summed E-state index contributed by atoms with van der Waals surface area (Å²) in [5, 5.41) is 9.78. The molecule has 0 aliphatic carbocycles. The minimum atomic E-state index is -1.07. The molecule has 2 atom stereocenters. The smallest absolute Gasteiger partial charge is 0.410 e. The van der Waals surface area contributed by atoms with Crippen LogP contribution in [0, 0.1) is 0 Å². The van der Waals surface area contributed by atoms with Gasteiger partial charge in [0.1, 0.15) is 23.1 Å². The number of thiocarbonyl (C=S) groups is 1. The molecule has 1 aliphatic heterocycles. The van der Waals surface area contributed by atoms with E-state index >= 15 is 0 Å². The zero-order valence-electron chi connectivity index (χ0n) is 16.7. The summed E-state index contributed by atoms with van der Waals surface area (Å²) in [4.78, 5) is 13.3. The zero-order valence-corrected chi connectivity index (χ0v) is 17.5. The molecule has 2 aromatic carbocycles. The summed E-state index contributed by atoms with van der Waals surface area (Å²) in [6, 6.07) is 18.2. The Morgan fingerprint density at radius 2 is 1.79 bits per heavy atom. The van der Waals surface area contributed by atoms with Crippen LogP contribution in [-0.4, -0.2) is 45.3 Å². The highest BCUT2D eigenvalue weighted by atomic mass is 32.1. The van der Waals surface area contributed by atoms with Crippen molar-refractivity contribution < 1.29 is 24.1 Å². The van der Waals surface area contributed by atoms with Crippen molar-refractivity contribution in [1.29, 1.82) is 0 Å². The molecule has 0 spiro atoms. The van der Waals surface area contributed by atoms with E-state index in [0.717, 1.165) is 5.56 Å². The molecule has 7 heteroatoms. The molecule has 1 heterocycles. The average Bonchev–Trinajstić information content (AvgIpc) is 2.99. The lowest BCUT2D eigenvalue weighted by atomic mass is 9.88. The monoisotopic (exact) mass is 415 g/mol. The molecule has 1 fully saturated rings. The highest BCUT2D eigenvalue weighted by Gasteiger charge is 2.53. The van der Waals surface area contributed by atoms with Gasteiger partial charge in [-0.25, -0.2) is 4.79 Å². The molecule has 1 unspecified atom stereocenters. The number of carboxylic acid groups (broad SMARTS) is 1. The fraction of sp³-hybridized carbons (Fsp3) is 0.364. The van der Waals surface area contributed by atoms with E-state index in [-0.39, 0.29) is 11.8 Å². The van der Waals surface area contributed by atoms with Crippen LogP contribution in [0.2, 0.25) is 0 Å². The van der Waals surface area contributed by atoms with Crippen LogP contribution in [0.25, 0.3) is 0 Å². The van der Waals surface area contributed by atoms with Crippen molar-refractivity contribution in [3.8, 4) is 5.75 Å². The number of amides is 1. The lowest BCUT2D eigenvalue weighted by Gasteiger charge is -2.41. The van der Waals surface area contributed by atoms with Crippen LogP contribution in [0.4, 0.5) is 4.79 Å². The van der Waals surface area contributed by atoms with Gasteiger partial charge in [0, 0.05) is 18.6 Å². The van der Waals surface area contributed by atoms with Crippen LogP contribution < -0.4 is 4.74 Å². The van der Waals surface area contributed by atoms with Gasteiger partial charge in [0.15, 0.2) is 0 Å². The van der Waals surface area contributed by atoms with Gasteiger partial charge >= 0.3 is 11.3 Å². The van der Waals surface area contributed by atoms with E-state index < -0.39 is 23.5 Å². The zero-order chi connectivity index (χ0) is 21.1. The van der Waals surface area contributed by atoms with Gasteiger partial charge in [-0.15, -0.1) is 0 Å². The van der Waals surface area contributed by atoms with Crippen LogP contribution in [0.15, 0.2) is 60.7 Å². The van der Waals surface area contributed by atoms with E-state index in [0.29, 0.717) is 12.2 Å². The third kappa shape index (κ3) is 4.86. The predicted octanol–water partition coefficient (Wildman–Crippen LogP) is 4.48. The molecule has 1 N–H and O–H groups in total. The molecule has 1 saturated heterocycles. The second-order valence-electron chi connectivity index (χ2n) is 7.67. The Hall–Kier alpha value is -2.64. The standard InChI is InChI=1S/C22H25NO5S/c1-21(2)23(19(24)25)18(15-26-21)22(3,14-16-10-6-4-7-11-16)28-20(29)27-17-12-8-5-9-13-17/h4-13,18H,14-15H2,1-3H3,(H,24,25)/t18-,22?/m1/s1. The fourth-order valence-electron chi connectivity index (χ4n) is 3.63. The van der Waals surface area contributed by atoms with Crippen molar-refractivity contribution in [1.82, 2.24) is 4.90 Å². The molecule has 6 nitrogen and oxygen atoms in total. The van der Waals surface area contributed by atoms with Crippen molar-refractivity contribution >= 4 is 23.5 Å². The molecule has 154 valence electrons. The SMILES string of the molecule is CC(Cc1ccccc1)(OC(=S)Oc1ccccc1)[C@H]1COC(C)(C)N1C(=O)O. The lowest BCUT2D eigenvalue weighted by molar-refractivity contribution is -0.0576. The molecule has 0 saturated carbocycles. The number of carbonyl (C=O) groups is 1. The van der Waals surface area contributed by atoms with Crippen molar-refractivity contribution in [2.75, 3.05) is 6.61 Å². The quantitative estimate of drug-likeness (QED) is 0.726. The van der Waals surface area contributed by atoms with E-state index in [1.807, 2.05) is 55.5 Å². The van der Waals surface area contributed by atoms with Crippen LogP contribution in [0.1, 0.15) is 26.3 Å². The summed E-state index contributed by atoms with van der Waals surface area (Å²) in [5.41, 5.74) is -0.980. The van der Waals surface area contributed by atoms with E-state index in [9.17, 15) is 9.90 Å². The average molecular weight is 416 g/mol. The first-order valence-corrected chi connectivity index (χ1v) is 9.78. The van der Waals surface area contributed by atoms with Crippen molar-refractivity contribution in [3.05, 3.63) is 66.2 Å². The third-order valence-corrected chi connectivity index (χ3v) is 5.22. The Morgan fingerprint density at radius 1 is 1.21 bits per heavy atom. The van der Waals surface area contributed by atoms with Gasteiger partial charge in [-0.1, -0.05) is 48.5 Å². The summed E-state index contributed by atoms with van der Waals surface area (Å²) >= 11 is 5.35. The van der Waals surface area contributed by atoms with Crippen molar-refractivity contribution in [2.24, 2.45) is 0 Å². The summed E-state index contributed by atoms with van der Waals surface area (Å²) < 4.78 is 17.6. The predicted molar refractivity (Wildman–Crippen MR) is 113 cm³/mol. The molecule has 29 heavy (non-hydrogen) atoms. The van der Waals surface area contributed by atoms with Crippen LogP contribution >= 0.6 is 12.2 Å². The first-order chi connectivity index (χ1) is 13.7. The number of hydrogen-bond acceptors (Lipinski definition) is 5. The second-order valence-corrected chi connectivity index (χ2v) is 8.00. The number of ether oxygens (including phenoxy) is 3. The van der Waals surface area contributed by atoms with Gasteiger partial charge in [0.2, 0.25) is 0 Å². The lowest BCUT2D eigenvalue weighted by Crippen LogP contribution is -2.58. The van der Waals surface area contributed by atoms with Crippen molar-refractivity contribution in [2.45, 2.75) is 44.6 Å². The molecule has 3 rings (SSSR count). The van der Waals surface area contributed by atoms with Gasteiger partial charge in [-0.2, -0.15) is 0 Å². The third-order valence-electron chi connectivity index (χ3n) is 5.06. The van der Waals surface area contributed by atoms with Crippen LogP contribution in [0.5, 0.6) is 5.75 Å². The Balaban J connectivity index is 1.89. The Morgan fingerprint density at radius 3 is 2.38 bits per heavy atom. The molecule has 0 bridgehead atoms. The van der Waals surface area contributed by atoms with E-state index in [4.69, 9.17) is 26.4 Å². The number of rotatable bonds is 5. The summed E-state index contributed by atoms with van der Waals surface area (Å²) in [5.74, 6) is 0.553. The Kier molecular flexibility index (Phi) is 6.10. The highest BCUT2D eigenvalue weighted by Crippen LogP contribution is 2.37. The molecule has 1 aliphatic rings. The van der Waals surface area contributed by atoms with Gasteiger partial charge in [-0.3, -0.25) is 4.90 Å². The summed E-state index contributed by atoms with van der Waals surface area (Å²) in [6.07, 6.45) is -0.643. The Labute approximate surface area is 176 Å². The number of benzene rings is 2. The summed E-state index contributed by atoms with van der Waals surface area (Å²) in [6.45, 7) is 5.48. The van der Waals surface area contributed by atoms with Gasteiger partial charge in [0.05, 0.1) is 6.61 Å². The summed E-state index contributed by atoms with van der Waals surface area (Å²) in [7, 11) is 0. The molecule has 1 amide bonds. The largest absolute Gasteiger partial charge is 0.465 e. The van der Waals surface area contributed by atoms with E-state index in [1.54, 1.807) is 26.0 Å². The maximum absolute atomic E-state index is 12.0. The topological polar surface area (TPSA) is 68.2 Å². The van der Waals surface area contributed by atoms with Crippen LogP contribution in [0.3, 0.4) is 0 Å². The maximum Gasteiger partial charge on any atom is 0.410 e. The molecule has 0 aromatic heterocycles. The second kappa shape index (κ2) is 8.39. The van der Waals surface area contributed by atoms with Gasteiger partial charge < -0.3 is 19.3 Å².